The standard InChI is InChI=1S/C27H31N3O4/c1-17(31)28-21-11-7-10-19(14-21)26-25(18-8-5-4-6-9-18)22-13-12-20(27(33)34)15-23(22)30(26)16-24(32)29(2)3/h7,10-15,18H,4-6,8-9,16H2,1-3H3,(H,28,31)(H,33,34). The highest BCUT2D eigenvalue weighted by Crippen LogP contribution is 2.44. The number of amides is 2. The molecular formula is C27H31N3O4. The van der Waals surface area contributed by atoms with Crippen molar-refractivity contribution in [2.45, 2.75) is 51.5 Å². The van der Waals surface area contributed by atoms with Crippen LogP contribution in [0.1, 0.15) is 60.9 Å². The molecule has 7 heteroatoms. The van der Waals surface area contributed by atoms with Crippen LogP contribution in [0.25, 0.3) is 22.2 Å². The van der Waals surface area contributed by atoms with Crippen molar-refractivity contribution in [1.82, 2.24) is 9.47 Å². The van der Waals surface area contributed by atoms with Crippen molar-refractivity contribution in [3.63, 3.8) is 0 Å². The largest absolute Gasteiger partial charge is 0.478 e. The first kappa shape index (κ1) is 23.5. The summed E-state index contributed by atoms with van der Waals surface area (Å²) in [5, 5.41) is 13.5. The molecule has 1 fully saturated rings. The fraction of sp³-hybridized carbons (Fsp3) is 0.370. The maximum atomic E-state index is 12.9. The Morgan fingerprint density at radius 2 is 1.79 bits per heavy atom. The number of likely N-dealkylation sites (N-methyl/N-ethyl adjacent to an activating group) is 1. The third-order valence-corrected chi connectivity index (χ3v) is 6.61. The Morgan fingerprint density at radius 1 is 1.06 bits per heavy atom. The lowest BCUT2D eigenvalue weighted by Gasteiger charge is -2.24. The van der Waals surface area contributed by atoms with Crippen LogP contribution in [0.3, 0.4) is 0 Å². The molecule has 1 aromatic heterocycles. The number of fused-ring (bicyclic) bond motifs is 1. The molecule has 3 aromatic rings. The van der Waals surface area contributed by atoms with E-state index in [0.717, 1.165) is 53.4 Å². The molecule has 0 spiro atoms. The van der Waals surface area contributed by atoms with Gasteiger partial charge in [0.25, 0.3) is 0 Å². The lowest BCUT2D eigenvalue weighted by Crippen LogP contribution is -2.26. The Hall–Kier alpha value is -3.61. The predicted molar refractivity (Wildman–Crippen MR) is 133 cm³/mol. The number of nitrogens with one attached hydrogen (secondary N) is 1. The van der Waals surface area contributed by atoms with Gasteiger partial charge in [-0.05, 0) is 48.6 Å². The van der Waals surface area contributed by atoms with E-state index in [1.54, 1.807) is 31.1 Å². The number of rotatable bonds is 6. The molecule has 1 aliphatic rings. The van der Waals surface area contributed by atoms with Gasteiger partial charge in [0.05, 0.1) is 16.8 Å². The van der Waals surface area contributed by atoms with Gasteiger partial charge in [-0.25, -0.2) is 4.79 Å². The Kier molecular flexibility index (Phi) is 6.72. The van der Waals surface area contributed by atoms with Gasteiger partial charge in [-0.15, -0.1) is 0 Å². The first-order valence-electron chi connectivity index (χ1n) is 11.7. The third-order valence-electron chi connectivity index (χ3n) is 6.61. The molecule has 0 aliphatic heterocycles. The lowest BCUT2D eigenvalue weighted by atomic mass is 9.81. The fourth-order valence-corrected chi connectivity index (χ4v) is 5.01. The van der Waals surface area contributed by atoms with Crippen molar-refractivity contribution in [2.75, 3.05) is 19.4 Å². The maximum absolute atomic E-state index is 12.9. The van der Waals surface area contributed by atoms with Crippen molar-refractivity contribution >= 4 is 34.4 Å². The van der Waals surface area contributed by atoms with Crippen LogP contribution in [0.5, 0.6) is 0 Å². The molecule has 2 N–H and O–H groups in total. The van der Waals surface area contributed by atoms with Gasteiger partial charge in [0.1, 0.15) is 6.54 Å². The van der Waals surface area contributed by atoms with Crippen LogP contribution in [0.2, 0.25) is 0 Å². The second-order valence-corrected chi connectivity index (χ2v) is 9.27. The second kappa shape index (κ2) is 9.71. The Bertz CT molecular complexity index is 1250. The molecule has 1 saturated carbocycles. The summed E-state index contributed by atoms with van der Waals surface area (Å²) in [6.45, 7) is 1.57. The molecule has 2 aromatic carbocycles. The van der Waals surface area contributed by atoms with E-state index < -0.39 is 5.97 Å². The number of aromatic nitrogens is 1. The van der Waals surface area contributed by atoms with E-state index in [9.17, 15) is 19.5 Å². The van der Waals surface area contributed by atoms with Crippen LogP contribution < -0.4 is 5.32 Å². The minimum Gasteiger partial charge on any atom is -0.478 e. The molecule has 0 atom stereocenters. The molecule has 0 saturated heterocycles. The summed E-state index contributed by atoms with van der Waals surface area (Å²) in [5.74, 6) is -0.907. The highest BCUT2D eigenvalue weighted by molar-refractivity contribution is 5.99. The van der Waals surface area contributed by atoms with Gasteiger partial charge in [-0.3, -0.25) is 9.59 Å². The number of carboxylic acid groups (broad SMARTS) is 1. The molecule has 4 rings (SSSR count). The number of nitrogens with zero attached hydrogens (tertiary/aromatic N) is 2. The molecule has 1 heterocycles. The zero-order valence-corrected chi connectivity index (χ0v) is 19.9. The van der Waals surface area contributed by atoms with E-state index in [-0.39, 0.29) is 23.9 Å². The van der Waals surface area contributed by atoms with Gasteiger partial charge < -0.3 is 19.9 Å². The first-order valence-corrected chi connectivity index (χ1v) is 11.7. The average Bonchev–Trinajstić information content (AvgIpc) is 3.12. The Balaban J connectivity index is 2.02. The van der Waals surface area contributed by atoms with E-state index in [0.29, 0.717) is 11.6 Å². The summed E-state index contributed by atoms with van der Waals surface area (Å²) in [4.78, 5) is 37.9. The summed E-state index contributed by atoms with van der Waals surface area (Å²) in [5.41, 5.74) is 4.60. The average molecular weight is 462 g/mol. The minimum atomic E-state index is -0.998. The quantitative estimate of drug-likeness (QED) is 0.534. The predicted octanol–water partition coefficient (Wildman–Crippen LogP) is 5.10. The smallest absolute Gasteiger partial charge is 0.335 e. The summed E-state index contributed by atoms with van der Waals surface area (Å²) in [6, 6.07) is 12.9. The van der Waals surface area contributed by atoms with Crippen LogP contribution in [0.4, 0.5) is 5.69 Å². The van der Waals surface area contributed by atoms with Gasteiger partial charge in [-0.1, -0.05) is 37.5 Å². The topological polar surface area (TPSA) is 91.6 Å². The summed E-state index contributed by atoms with van der Waals surface area (Å²) in [6.07, 6.45) is 5.61. The van der Waals surface area contributed by atoms with Crippen molar-refractivity contribution in [3.8, 4) is 11.3 Å². The number of carbonyl (C=O) groups excluding carboxylic acids is 2. The fourth-order valence-electron chi connectivity index (χ4n) is 5.01. The number of hydrogen-bond donors (Lipinski definition) is 2. The van der Waals surface area contributed by atoms with Crippen molar-refractivity contribution in [3.05, 3.63) is 53.6 Å². The van der Waals surface area contributed by atoms with Crippen molar-refractivity contribution in [1.29, 1.82) is 0 Å². The van der Waals surface area contributed by atoms with E-state index >= 15 is 0 Å². The summed E-state index contributed by atoms with van der Waals surface area (Å²) < 4.78 is 1.96. The SMILES string of the molecule is CC(=O)Nc1cccc(-c2c(C3CCCCC3)c3ccc(C(=O)O)cc3n2CC(=O)N(C)C)c1. The number of aromatic carboxylic acids is 1. The van der Waals surface area contributed by atoms with Gasteiger partial charge in [0, 0.05) is 37.7 Å². The summed E-state index contributed by atoms with van der Waals surface area (Å²) >= 11 is 0. The second-order valence-electron chi connectivity index (χ2n) is 9.27. The third kappa shape index (κ3) is 4.69. The summed E-state index contributed by atoms with van der Waals surface area (Å²) in [7, 11) is 3.44. The van der Waals surface area contributed by atoms with Crippen LogP contribution in [-0.4, -0.2) is 46.5 Å². The van der Waals surface area contributed by atoms with E-state index in [1.807, 2.05) is 34.9 Å². The number of anilines is 1. The molecule has 0 unspecified atom stereocenters. The van der Waals surface area contributed by atoms with Gasteiger partial charge in [0.15, 0.2) is 0 Å². The molecular weight excluding hydrogens is 430 g/mol. The molecule has 7 nitrogen and oxygen atoms in total. The van der Waals surface area contributed by atoms with E-state index in [4.69, 9.17) is 0 Å². The molecule has 1 aliphatic carbocycles. The van der Waals surface area contributed by atoms with Crippen molar-refractivity contribution in [2.24, 2.45) is 0 Å². The number of hydrogen-bond acceptors (Lipinski definition) is 3. The van der Waals surface area contributed by atoms with E-state index in [2.05, 4.69) is 5.32 Å². The Morgan fingerprint density at radius 3 is 2.44 bits per heavy atom. The lowest BCUT2D eigenvalue weighted by molar-refractivity contribution is -0.129. The maximum Gasteiger partial charge on any atom is 0.335 e. The number of carboxylic acids is 1. The van der Waals surface area contributed by atoms with E-state index in [1.165, 1.54) is 13.3 Å². The highest BCUT2D eigenvalue weighted by atomic mass is 16.4. The molecule has 34 heavy (non-hydrogen) atoms. The number of carbonyl (C=O) groups is 3. The zero-order valence-electron chi connectivity index (χ0n) is 19.9. The van der Waals surface area contributed by atoms with Crippen LogP contribution in [0, 0.1) is 0 Å². The van der Waals surface area contributed by atoms with Crippen LogP contribution >= 0.6 is 0 Å². The van der Waals surface area contributed by atoms with Gasteiger partial charge in [-0.2, -0.15) is 0 Å². The monoisotopic (exact) mass is 461 g/mol. The van der Waals surface area contributed by atoms with Crippen LogP contribution in [-0.2, 0) is 16.1 Å². The number of benzene rings is 2. The minimum absolute atomic E-state index is 0.0768. The molecule has 2 amide bonds. The Labute approximate surface area is 199 Å². The molecule has 0 bridgehead atoms. The van der Waals surface area contributed by atoms with Gasteiger partial charge >= 0.3 is 5.97 Å². The van der Waals surface area contributed by atoms with Gasteiger partial charge in [0.2, 0.25) is 11.8 Å². The normalized spacial score (nSPS) is 14.2. The first-order chi connectivity index (χ1) is 16.3. The van der Waals surface area contributed by atoms with Crippen LogP contribution in [0.15, 0.2) is 42.5 Å². The molecule has 178 valence electrons. The van der Waals surface area contributed by atoms with Crippen molar-refractivity contribution < 1.29 is 19.5 Å². The molecule has 0 radical (unpaired) electrons. The zero-order chi connectivity index (χ0) is 24.4. The highest BCUT2D eigenvalue weighted by Gasteiger charge is 2.28.